The molecular formula is C38H32N2. The number of nitrogens with zero attached hydrogens (tertiary/aromatic N) is 2. The first-order valence-electron chi connectivity index (χ1n) is 14.5. The molecule has 0 bridgehead atoms. The highest BCUT2D eigenvalue weighted by molar-refractivity contribution is 6.36. The number of hydrogen-bond donors (Lipinski definition) is 0. The van der Waals surface area contributed by atoms with Gasteiger partial charge in [-0.1, -0.05) is 84.0 Å². The number of para-hydroxylation sites is 2. The van der Waals surface area contributed by atoms with E-state index in [1.807, 2.05) is 0 Å². The number of fused-ring (bicyclic) bond motifs is 13. The second-order valence-corrected chi connectivity index (χ2v) is 13.9. The number of aromatic nitrogens is 2. The maximum Gasteiger partial charge on any atom is 0.0642 e. The SMILES string of the molecule is CC(C)(C)c1ccc2c(c1)c1cc3c4cc(C(C)(C)C)cc5c6ccccc6n(c54)c3c3c4ccccc4n2c13. The minimum Gasteiger partial charge on any atom is -0.308 e. The highest BCUT2D eigenvalue weighted by Crippen LogP contribution is 2.49. The van der Waals surface area contributed by atoms with Gasteiger partial charge in [0.05, 0.1) is 33.1 Å². The zero-order valence-corrected chi connectivity index (χ0v) is 24.0. The molecule has 2 nitrogen and oxygen atoms in total. The normalized spacial score (nSPS) is 13.8. The molecule has 0 aliphatic carbocycles. The van der Waals surface area contributed by atoms with E-state index in [1.54, 1.807) is 0 Å². The van der Waals surface area contributed by atoms with E-state index in [0.29, 0.717) is 0 Å². The summed E-state index contributed by atoms with van der Waals surface area (Å²) in [6, 6.07) is 32.5. The third kappa shape index (κ3) is 2.56. The van der Waals surface area contributed by atoms with Gasteiger partial charge in [0.2, 0.25) is 0 Å². The Morgan fingerprint density at radius 2 is 0.900 bits per heavy atom. The fourth-order valence-electron chi connectivity index (χ4n) is 7.42. The maximum atomic E-state index is 2.57. The predicted octanol–water partition coefficient (Wildman–Crippen LogP) is 10.6. The van der Waals surface area contributed by atoms with Gasteiger partial charge in [-0.15, -0.1) is 0 Å². The van der Waals surface area contributed by atoms with Crippen LogP contribution >= 0.6 is 0 Å². The summed E-state index contributed by atoms with van der Waals surface area (Å²) in [6.45, 7) is 13.9. The van der Waals surface area contributed by atoms with E-state index >= 15 is 0 Å². The summed E-state index contributed by atoms with van der Waals surface area (Å²) in [6.07, 6.45) is 0. The maximum absolute atomic E-state index is 2.57. The average Bonchev–Trinajstić information content (AvgIpc) is 3.63. The Kier molecular flexibility index (Phi) is 3.87. The van der Waals surface area contributed by atoms with E-state index in [2.05, 4.69) is 135 Å². The van der Waals surface area contributed by atoms with Crippen LogP contribution in [-0.2, 0) is 10.8 Å². The number of rotatable bonds is 0. The quantitative estimate of drug-likeness (QED) is 0.189. The van der Waals surface area contributed by atoms with Gasteiger partial charge in [0.15, 0.2) is 0 Å². The Balaban J connectivity index is 1.64. The lowest BCUT2D eigenvalue weighted by Gasteiger charge is -2.19. The molecule has 0 radical (unpaired) electrons. The van der Waals surface area contributed by atoms with Crippen LogP contribution in [0.5, 0.6) is 0 Å². The van der Waals surface area contributed by atoms with Crippen molar-refractivity contribution in [2.75, 3.05) is 0 Å². The molecule has 0 aliphatic heterocycles. The Hall–Kier alpha value is -4.30. The first-order chi connectivity index (χ1) is 19.1. The third-order valence-electron chi connectivity index (χ3n) is 9.45. The molecule has 194 valence electrons. The van der Waals surface area contributed by atoms with Gasteiger partial charge >= 0.3 is 0 Å². The third-order valence-corrected chi connectivity index (χ3v) is 9.45. The zero-order valence-electron chi connectivity index (χ0n) is 24.0. The van der Waals surface area contributed by atoms with E-state index in [1.165, 1.54) is 87.3 Å². The summed E-state index contributed by atoms with van der Waals surface area (Å²) in [5.41, 5.74) is 10.8. The Morgan fingerprint density at radius 3 is 1.60 bits per heavy atom. The molecule has 0 aliphatic rings. The lowest BCUT2D eigenvalue weighted by molar-refractivity contribution is 0.591. The smallest absolute Gasteiger partial charge is 0.0642 e. The topological polar surface area (TPSA) is 8.82 Å². The molecule has 0 fully saturated rings. The molecule has 0 amide bonds. The number of hydrogen-bond acceptors (Lipinski definition) is 0. The van der Waals surface area contributed by atoms with Gasteiger partial charge in [-0.3, -0.25) is 0 Å². The predicted molar refractivity (Wildman–Crippen MR) is 173 cm³/mol. The Bertz CT molecular complexity index is 2490. The summed E-state index contributed by atoms with van der Waals surface area (Å²) >= 11 is 0. The second-order valence-electron chi connectivity index (χ2n) is 13.9. The van der Waals surface area contributed by atoms with Gasteiger partial charge in [0.25, 0.3) is 0 Å². The lowest BCUT2D eigenvalue weighted by atomic mass is 9.85. The monoisotopic (exact) mass is 516 g/mol. The van der Waals surface area contributed by atoms with Crippen molar-refractivity contribution in [3.8, 4) is 0 Å². The van der Waals surface area contributed by atoms with Gasteiger partial charge in [-0.25, -0.2) is 0 Å². The van der Waals surface area contributed by atoms with Crippen LogP contribution in [0, 0.1) is 0 Å². The standard InChI is InChI=1S/C38H32N2/c1-37(2,3)21-15-16-32-25(17-21)28-20-29-27-19-22(38(4,5)6)18-26-23-11-7-9-13-30(23)40(34(26)27)36(29)33-24-12-8-10-14-31(24)39(32)35(28)33/h7-20H,1-6H3. The summed E-state index contributed by atoms with van der Waals surface area (Å²) in [4.78, 5) is 0. The van der Waals surface area contributed by atoms with Crippen LogP contribution < -0.4 is 0 Å². The van der Waals surface area contributed by atoms with Crippen molar-refractivity contribution in [3.63, 3.8) is 0 Å². The molecule has 0 spiro atoms. The minimum atomic E-state index is 0.0573. The van der Waals surface area contributed by atoms with Crippen LogP contribution in [0.3, 0.4) is 0 Å². The zero-order chi connectivity index (χ0) is 27.3. The van der Waals surface area contributed by atoms with E-state index < -0.39 is 0 Å². The molecule has 0 atom stereocenters. The van der Waals surface area contributed by atoms with Crippen LogP contribution in [0.2, 0.25) is 0 Å². The van der Waals surface area contributed by atoms with E-state index in [9.17, 15) is 0 Å². The van der Waals surface area contributed by atoms with Crippen molar-refractivity contribution in [1.29, 1.82) is 0 Å². The fraction of sp³-hybridized carbons (Fsp3) is 0.211. The molecule has 0 N–H and O–H groups in total. The molecule has 4 heterocycles. The van der Waals surface area contributed by atoms with Crippen molar-refractivity contribution < 1.29 is 0 Å². The van der Waals surface area contributed by atoms with Crippen LogP contribution in [0.25, 0.3) is 76.2 Å². The second kappa shape index (κ2) is 6.88. The Labute approximate surface area is 233 Å². The van der Waals surface area contributed by atoms with Gasteiger partial charge in [0.1, 0.15) is 0 Å². The first kappa shape index (κ1) is 22.5. The molecule has 2 heteroatoms. The van der Waals surface area contributed by atoms with Crippen molar-refractivity contribution in [1.82, 2.24) is 8.80 Å². The van der Waals surface area contributed by atoms with Crippen molar-refractivity contribution >= 4 is 76.2 Å². The van der Waals surface area contributed by atoms with Crippen molar-refractivity contribution in [2.24, 2.45) is 0 Å². The molecule has 0 saturated carbocycles. The summed E-state index contributed by atoms with van der Waals surface area (Å²) in [5.74, 6) is 0. The summed E-state index contributed by atoms with van der Waals surface area (Å²) < 4.78 is 5.09. The first-order valence-corrected chi connectivity index (χ1v) is 14.5. The lowest BCUT2D eigenvalue weighted by Crippen LogP contribution is -2.10. The molecular weight excluding hydrogens is 484 g/mol. The minimum absolute atomic E-state index is 0.0573. The van der Waals surface area contributed by atoms with Crippen LogP contribution in [0.15, 0.2) is 84.9 Å². The fourth-order valence-corrected chi connectivity index (χ4v) is 7.42. The highest BCUT2D eigenvalue weighted by Gasteiger charge is 2.27. The molecule has 4 aromatic heterocycles. The molecule has 5 aromatic carbocycles. The van der Waals surface area contributed by atoms with Gasteiger partial charge in [-0.2, -0.15) is 0 Å². The van der Waals surface area contributed by atoms with Gasteiger partial charge in [-0.05, 0) is 64.4 Å². The van der Waals surface area contributed by atoms with Gasteiger partial charge < -0.3 is 8.80 Å². The molecule has 0 saturated heterocycles. The largest absolute Gasteiger partial charge is 0.308 e. The highest BCUT2D eigenvalue weighted by atomic mass is 14.9. The molecule has 9 aromatic rings. The Morgan fingerprint density at radius 1 is 0.400 bits per heavy atom. The molecule has 9 rings (SSSR count). The van der Waals surface area contributed by atoms with Crippen molar-refractivity contribution in [2.45, 2.75) is 52.4 Å². The van der Waals surface area contributed by atoms with Crippen LogP contribution in [0.4, 0.5) is 0 Å². The van der Waals surface area contributed by atoms with Gasteiger partial charge in [0, 0.05) is 43.1 Å². The van der Waals surface area contributed by atoms with Crippen LogP contribution in [-0.4, -0.2) is 8.80 Å². The summed E-state index contributed by atoms with van der Waals surface area (Å²) in [5, 5.41) is 10.8. The molecule has 40 heavy (non-hydrogen) atoms. The number of benzene rings is 5. The average molecular weight is 517 g/mol. The van der Waals surface area contributed by atoms with Crippen molar-refractivity contribution in [3.05, 3.63) is 96.1 Å². The van der Waals surface area contributed by atoms with E-state index in [4.69, 9.17) is 0 Å². The summed E-state index contributed by atoms with van der Waals surface area (Å²) in [7, 11) is 0. The van der Waals surface area contributed by atoms with E-state index in [0.717, 1.165) is 0 Å². The van der Waals surface area contributed by atoms with E-state index in [-0.39, 0.29) is 10.8 Å². The van der Waals surface area contributed by atoms with Crippen LogP contribution in [0.1, 0.15) is 52.7 Å². The molecule has 0 unspecified atom stereocenters.